The highest BCUT2D eigenvalue weighted by Gasteiger charge is 2.45. The molecule has 1 unspecified atom stereocenters. The van der Waals surface area contributed by atoms with Gasteiger partial charge < -0.3 is 5.32 Å². The summed E-state index contributed by atoms with van der Waals surface area (Å²) in [5.41, 5.74) is -0.120. The molecule has 1 saturated heterocycles. The van der Waals surface area contributed by atoms with Crippen molar-refractivity contribution < 1.29 is 9.59 Å². The maximum Gasteiger partial charge on any atom is 0.233 e. The monoisotopic (exact) mass is 368 g/mol. The number of unbranched alkanes of at least 4 members (excludes halogenated alkanes) is 2. The Bertz CT molecular complexity index is 494. The number of imide groups is 1. The van der Waals surface area contributed by atoms with Gasteiger partial charge in [0.25, 0.3) is 0 Å². The summed E-state index contributed by atoms with van der Waals surface area (Å²) in [4.78, 5) is 27.3. The lowest BCUT2D eigenvalue weighted by Gasteiger charge is -2.30. The van der Waals surface area contributed by atoms with Crippen molar-refractivity contribution in [1.29, 1.82) is 0 Å². The summed E-state index contributed by atoms with van der Waals surface area (Å²) in [6.07, 6.45) is 5.31. The minimum absolute atomic E-state index is 0.00209. The van der Waals surface area contributed by atoms with Gasteiger partial charge in [-0.25, -0.2) is 0 Å². The van der Waals surface area contributed by atoms with Crippen LogP contribution < -0.4 is 5.32 Å². The summed E-state index contributed by atoms with van der Waals surface area (Å²) in [6.45, 7) is 14.0. The van der Waals surface area contributed by atoms with Gasteiger partial charge in [-0.15, -0.1) is 0 Å². The zero-order valence-corrected chi connectivity index (χ0v) is 17.7. The number of nitrogens with zero attached hydrogens (tertiary/aromatic N) is 1. The standard InChI is InChI=1S/C20H36N2O2S/c1-7-8-11-20(5,6)15-14-16(23)22(17(15)24)13-10-9-12-21-18(25)19(2,3)4/h15H,7-14H2,1-6H3,(H,21,25). The van der Waals surface area contributed by atoms with Crippen molar-refractivity contribution in [3.8, 4) is 0 Å². The quantitative estimate of drug-likeness (QED) is 0.374. The van der Waals surface area contributed by atoms with Gasteiger partial charge in [-0.3, -0.25) is 14.5 Å². The van der Waals surface area contributed by atoms with Gasteiger partial charge >= 0.3 is 0 Å². The molecule has 0 bridgehead atoms. The lowest BCUT2D eigenvalue weighted by atomic mass is 9.74. The van der Waals surface area contributed by atoms with Crippen LogP contribution in [-0.2, 0) is 9.59 Å². The summed E-state index contributed by atoms with van der Waals surface area (Å²) in [5, 5.41) is 3.27. The molecular weight excluding hydrogens is 332 g/mol. The fourth-order valence-electron chi connectivity index (χ4n) is 3.20. The molecule has 1 heterocycles. The first-order chi connectivity index (χ1) is 11.5. The lowest BCUT2D eigenvalue weighted by molar-refractivity contribution is -0.140. The number of hydrogen-bond acceptors (Lipinski definition) is 3. The molecule has 0 aromatic carbocycles. The highest BCUT2D eigenvalue weighted by atomic mass is 32.1. The van der Waals surface area contributed by atoms with E-state index in [2.05, 4.69) is 46.9 Å². The minimum atomic E-state index is -0.154. The van der Waals surface area contributed by atoms with Crippen LogP contribution in [0.3, 0.4) is 0 Å². The van der Waals surface area contributed by atoms with Crippen LogP contribution >= 0.6 is 12.2 Å². The molecule has 0 aromatic rings. The molecule has 1 N–H and O–H groups in total. The number of likely N-dealkylation sites (tertiary alicyclic amines) is 1. The molecule has 1 aliphatic heterocycles. The van der Waals surface area contributed by atoms with Gasteiger partial charge in [-0.2, -0.15) is 0 Å². The summed E-state index contributed by atoms with van der Waals surface area (Å²) in [7, 11) is 0. The van der Waals surface area contributed by atoms with E-state index in [1.54, 1.807) is 0 Å². The molecule has 4 nitrogen and oxygen atoms in total. The van der Waals surface area contributed by atoms with Crippen LogP contribution in [0.1, 0.15) is 80.1 Å². The van der Waals surface area contributed by atoms with Crippen LogP contribution in [0.25, 0.3) is 0 Å². The van der Waals surface area contributed by atoms with Crippen molar-refractivity contribution in [2.75, 3.05) is 13.1 Å². The maximum absolute atomic E-state index is 12.7. The third-order valence-corrected chi connectivity index (χ3v) is 5.89. The van der Waals surface area contributed by atoms with Crippen LogP contribution in [0.15, 0.2) is 0 Å². The van der Waals surface area contributed by atoms with Gasteiger partial charge in [0, 0.05) is 24.9 Å². The number of carbonyl (C=O) groups excluding carboxylic acids is 2. The minimum Gasteiger partial charge on any atom is -0.379 e. The van der Waals surface area contributed by atoms with Crippen LogP contribution in [0, 0.1) is 16.7 Å². The number of nitrogens with one attached hydrogen (secondary N) is 1. The van der Waals surface area contributed by atoms with Gasteiger partial charge in [-0.1, -0.05) is 66.6 Å². The number of hydrogen-bond donors (Lipinski definition) is 1. The number of amides is 2. The van der Waals surface area contributed by atoms with Gasteiger partial charge in [0.05, 0.1) is 10.9 Å². The molecule has 0 aromatic heterocycles. The van der Waals surface area contributed by atoms with Gasteiger partial charge in [0.1, 0.15) is 0 Å². The van der Waals surface area contributed by atoms with E-state index in [1.807, 2.05) is 0 Å². The van der Waals surface area contributed by atoms with Crippen molar-refractivity contribution in [3.05, 3.63) is 0 Å². The highest BCUT2D eigenvalue weighted by Crippen LogP contribution is 2.39. The molecule has 0 aliphatic carbocycles. The van der Waals surface area contributed by atoms with Crippen LogP contribution in [0.2, 0.25) is 0 Å². The first kappa shape index (κ1) is 22.1. The highest BCUT2D eigenvalue weighted by molar-refractivity contribution is 7.80. The van der Waals surface area contributed by atoms with Crippen LogP contribution in [0.4, 0.5) is 0 Å². The van der Waals surface area contributed by atoms with E-state index in [0.717, 1.165) is 43.6 Å². The Labute approximate surface area is 159 Å². The summed E-state index contributed by atoms with van der Waals surface area (Å²) < 4.78 is 0. The first-order valence-corrected chi connectivity index (χ1v) is 10.0. The second-order valence-electron chi connectivity index (χ2n) is 8.95. The lowest BCUT2D eigenvalue weighted by Crippen LogP contribution is -2.36. The van der Waals surface area contributed by atoms with Gasteiger partial charge in [-0.05, 0) is 24.7 Å². The van der Waals surface area contributed by atoms with Gasteiger partial charge in [0.2, 0.25) is 11.8 Å². The summed E-state index contributed by atoms with van der Waals surface area (Å²) in [5.74, 6) is -0.125. The Hall–Kier alpha value is -0.970. The first-order valence-electron chi connectivity index (χ1n) is 9.63. The Morgan fingerprint density at radius 2 is 1.80 bits per heavy atom. The average Bonchev–Trinajstić information content (AvgIpc) is 2.80. The van der Waals surface area contributed by atoms with E-state index in [1.165, 1.54) is 4.90 Å². The molecular formula is C20H36N2O2S. The van der Waals surface area contributed by atoms with E-state index in [9.17, 15) is 9.59 Å². The third kappa shape index (κ3) is 6.36. The molecule has 1 aliphatic rings. The second kappa shape index (κ2) is 9.11. The molecule has 1 fully saturated rings. The molecule has 144 valence electrons. The molecule has 25 heavy (non-hydrogen) atoms. The number of thiocarbonyl (C=S) groups is 1. The molecule has 2 amide bonds. The van der Waals surface area contributed by atoms with Crippen molar-refractivity contribution >= 4 is 29.0 Å². The Kier molecular flexibility index (Phi) is 8.04. The third-order valence-electron chi connectivity index (χ3n) is 5.14. The van der Waals surface area contributed by atoms with Crippen molar-refractivity contribution in [2.45, 2.75) is 80.1 Å². The van der Waals surface area contributed by atoms with Crippen molar-refractivity contribution in [2.24, 2.45) is 16.7 Å². The largest absolute Gasteiger partial charge is 0.379 e. The number of carbonyl (C=O) groups is 2. The SMILES string of the molecule is CCCCC(C)(C)C1CC(=O)N(CCCCNC(=S)C(C)(C)C)C1=O. The smallest absolute Gasteiger partial charge is 0.233 e. The second-order valence-corrected chi connectivity index (χ2v) is 9.35. The van der Waals surface area contributed by atoms with E-state index >= 15 is 0 Å². The average molecular weight is 369 g/mol. The van der Waals surface area contributed by atoms with E-state index in [0.29, 0.717) is 13.0 Å². The van der Waals surface area contributed by atoms with Crippen LogP contribution in [0.5, 0.6) is 0 Å². The molecule has 0 saturated carbocycles. The Morgan fingerprint density at radius 3 is 2.36 bits per heavy atom. The zero-order chi connectivity index (χ0) is 19.3. The van der Waals surface area contributed by atoms with Crippen molar-refractivity contribution in [3.63, 3.8) is 0 Å². The normalized spacial score (nSPS) is 18.8. The zero-order valence-electron chi connectivity index (χ0n) is 16.9. The van der Waals surface area contributed by atoms with Gasteiger partial charge in [0.15, 0.2) is 0 Å². The van der Waals surface area contributed by atoms with Crippen molar-refractivity contribution in [1.82, 2.24) is 10.2 Å². The Balaban J connectivity index is 2.43. The van der Waals surface area contributed by atoms with Crippen LogP contribution in [-0.4, -0.2) is 34.8 Å². The molecule has 0 spiro atoms. The van der Waals surface area contributed by atoms with E-state index in [4.69, 9.17) is 12.2 Å². The fourth-order valence-corrected chi connectivity index (χ4v) is 3.30. The molecule has 5 heteroatoms. The molecule has 1 rings (SSSR count). The van der Waals surface area contributed by atoms with E-state index in [-0.39, 0.29) is 28.6 Å². The molecule has 0 radical (unpaired) electrons. The fraction of sp³-hybridized carbons (Fsp3) is 0.850. The number of rotatable bonds is 9. The predicted molar refractivity (Wildman–Crippen MR) is 107 cm³/mol. The topological polar surface area (TPSA) is 49.4 Å². The maximum atomic E-state index is 12.7. The molecule has 1 atom stereocenters. The van der Waals surface area contributed by atoms with E-state index < -0.39 is 0 Å². The Morgan fingerprint density at radius 1 is 1.16 bits per heavy atom. The summed E-state index contributed by atoms with van der Waals surface area (Å²) in [6, 6.07) is 0. The summed E-state index contributed by atoms with van der Waals surface area (Å²) >= 11 is 5.35. The predicted octanol–water partition coefficient (Wildman–Crippen LogP) is 4.32.